The Bertz CT molecular complexity index is 1330. The Hall–Kier alpha value is -4.44. The minimum Gasteiger partial charge on any atom is -0.463 e. The molecule has 0 radical (unpaired) electrons. The van der Waals surface area contributed by atoms with Gasteiger partial charge < -0.3 is 9.73 Å². The van der Waals surface area contributed by atoms with Crippen molar-refractivity contribution in [2.45, 2.75) is 0 Å². The van der Waals surface area contributed by atoms with Gasteiger partial charge in [-0.2, -0.15) is 10.4 Å². The number of hydrogen-bond acceptors (Lipinski definition) is 5. The number of anilines is 1. The number of nitrogens with one attached hydrogen (secondary N) is 1. The first-order valence-corrected chi connectivity index (χ1v) is 8.70. The molecular formula is C22H14N4O3. The van der Waals surface area contributed by atoms with Crippen LogP contribution in [0.1, 0.15) is 11.1 Å². The van der Waals surface area contributed by atoms with E-state index in [2.05, 4.69) is 10.4 Å². The maximum absolute atomic E-state index is 12.5. The maximum atomic E-state index is 12.5. The number of benzene rings is 2. The monoisotopic (exact) mass is 382 g/mol. The Morgan fingerprint density at radius 2 is 1.90 bits per heavy atom. The van der Waals surface area contributed by atoms with Crippen LogP contribution in [0.5, 0.6) is 0 Å². The predicted molar refractivity (Wildman–Crippen MR) is 108 cm³/mol. The molecule has 0 saturated carbocycles. The number of nitrogens with zero attached hydrogens (tertiary/aromatic N) is 3. The molecule has 7 nitrogen and oxygen atoms in total. The Morgan fingerprint density at radius 1 is 1.14 bits per heavy atom. The van der Waals surface area contributed by atoms with Crippen molar-refractivity contribution in [3.63, 3.8) is 0 Å². The van der Waals surface area contributed by atoms with Crippen molar-refractivity contribution < 1.29 is 9.21 Å². The summed E-state index contributed by atoms with van der Waals surface area (Å²) in [5.41, 5.74) is 1.41. The van der Waals surface area contributed by atoms with Crippen LogP contribution in [0.25, 0.3) is 22.7 Å². The van der Waals surface area contributed by atoms with Crippen molar-refractivity contribution in [1.82, 2.24) is 9.78 Å². The molecule has 1 amide bonds. The zero-order chi connectivity index (χ0) is 20.2. The quantitative estimate of drug-likeness (QED) is 0.545. The molecule has 0 unspecified atom stereocenters. The summed E-state index contributed by atoms with van der Waals surface area (Å²) in [4.78, 5) is 24.9. The Balaban J connectivity index is 1.61. The van der Waals surface area contributed by atoms with Gasteiger partial charge >= 0.3 is 0 Å². The first-order chi connectivity index (χ1) is 14.2. The molecule has 0 fully saturated rings. The smallest absolute Gasteiger partial charge is 0.249 e. The molecule has 0 aliphatic carbocycles. The topological polar surface area (TPSA) is 101 Å². The van der Waals surface area contributed by atoms with E-state index in [0.717, 1.165) is 0 Å². The van der Waals surface area contributed by atoms with Gasteiger partial charge in [-0.1, -0.05) is 30.3 Å². The van der Waals surface area contributed by atoms with Gasteiger partial charge in [-0.3, -0.25) is 9.59 Å². The van der Waals surface area contributed by atoms with E-state index in [1.807, 2.05) is 24.3 Å². The number of amides is 1. The summed E-state index contributed by atoms with van der Waals surface area (Å²) in [5.74, 6) is -0.259. The van der Waals surface area contributed by atoms with Crippen LogP contribution in [0.3, 0.4) is 0 Å². The molecule has 4 rings (SSSR count). The Kier molecular flexibility index (Phi) is 4.74. The van der Waals surface area contributed by atoms with Gasteiger partial charge in [-0.05, 0) is 30.3 Å². The average molecular weight is 382 g/mol. The lowest BCUT2D eigenvalue weighted by Gasteiger charge is -2.08. The van der Waals surface area contributed by atoms with Crippen LogP contribution < -0.4 is 10.7 Å². The molecule has 0 atom stereocenters. The van der Waals surface area contributed by atoms with E-state index in [1.54, 1.807) is 36.4 Å². The molecule has 0 aliphatic rings. The Morgan fingerprint density at radius 3 is 2.69 bits per heavy atom. The van der Waals surface area contributed by atoms with Crippen molar-refractivity contribution in [1.29, 1.82) is 5.26 Å². The summed E-state index contributed by atoms with van der Waals surface area (Å²) in [6.45, 7) is 0. The fourth-order valence-corrected chi connectivity index (χ4v) is 2.85. The van der Waals surface area contributed by atoms with E-state index in [1.165, 1.54) is 29.3 Å². The van der Waals surface area contributed by atoms with Gasteiger partial charge in [0, 0.05) is 6.08 Å². The zero-order valence-corrected chi connectivity index (χ0v) is 15.1. The summed E-state index contributed by atoms with van der Waals surface area (Å²) in [6.07, 6.45) is 5.28. The van der Waals surface area contributed by atoms with Crippen molar-refractivity contribution in [3.05, 3.63) is 94.5 Å². The number of hydrogen-bond donors (Lipinski definition) is 1. The fraction of sp³-hybridized carbons (Fsp3) is 0. The lowest BCUT2D eigenvalue weighted by Crippen LogP contribution is -2.13. The lowest BCUT2D eigenvalue weighted by molar-refractivity contribution is -0.111. The standard InChI is InChI=1S/C22H14N4O3/c23-12-16-13-24-26(17-6-2-1-3-7-17)22(16)25-20(27)11-10-15-14-29-19-9-5-4-8-18(19)21(15)28/h1-11,13-14H,(H,25,27)/b11-10+. The molecule has 2 aromatic heterocycles. The summed E-state index contributed by atoms with van der Waals surface area (Å²) < 4.78 is 6.90. The molecule has 1 N–H and O–H groups in total. The van der Waals surface area contributed by atoms with Crippen LogP contribution in [0, 0.1) is 11.3 Å². The Labute approximate surface area is 165 Å². The van der Waals surface area contributed by atoms with Crippen LogP contribution in [-0.4, -0.2) is 15.7 Å². The minimum atomic E-state index is -0.508. The second-order valence-corrected chi connectivity index (χ2v) is 6.10. The summed E-state index contributed by atoms with van der Waals surface area (Å²) in [7, 11) is 0. The summed E-state index contributed by atoms with van der Waals surface area (Å²) >= 11 is 0. The molecule has 2 heterocycles. The van der Waals surface area contributed by atoms with E-state index >= 15 is 0 Å². The highest BCUT2D eigenvalue weighted by Gasteiger charge is 2.14. The summed E-state index contributed by atoms with van der Waals surface area (Å²) in [5, 5.41) is 16.6. The van der Waals surface area contributed by atoms with Crippen molar-refractivity contribution >= 4 is 28.8 Å². The van der Waals surface area contributed by atoms with Gasteiger partial charge in [0.05, 0.1) is 22.8 Å². The zero-order valence-electron chi connectivity index (χ0n) is 15.1. The lowest BCUT2D eigenvalue weighted by atomic mass is 10.1. The molecule has 7 heteroatoms. The number of para-hydroxylation sites is 2. The van der Waals surface area contributed by atoms with Crippen LogP contribution in [0.15, 0.2) is 82.3 Å². The van der Waals surface area contributed by atoms with Crippen molar-refractivity contribution in [2.24, 2.45) is 0 Å². The molecule has 0 bridgehead atoms. The number of carbonyl (C=O) groups is 1. The van der Waals surface area contributed by atoms with Gasteiger partial charge in [-0.25, -0.2) is 4.68 Å². The van der Waals surface area contributed by atoms with E-state index in [4.69, 9.17) is 4.42 Å². The normalized spacial score (nSPS) is 10.9. The van der Waals surface area contributed by atoms with Crippen molar-refractivity contribution in [3.8, 4) is 11.8 Å². The molecule has 4 aromatic rings. The van der Waals surface area contributed by atoms with E-state index in [9.17, 15) is 14.9 Å². The van der Waals surface area contributed by atoms with Crippen LogP contribution >= 0.6 is 0 Å². The first-order valence-electron chi connectivity index (χ1n) is 8.70. The highest BCUT2D eigenvalue weighted by Crippen LogP contribution is 2.19. The number of fused-ring (bicyclic) bond motifs is 1. The third kappa shape index (κ3) is 3.55. The third-order valence-corrected chi connectivity index (χ3v) is 4.25. The molecule has 140 valence electrons. The first kappa shape index (κ1) is 17.9. The second-order valence-electron chi connectivity index (χ2n) is 6.10. The van der Waals surface area contributed by atoms with E-state index in [-0.39, 0.29) is 22.4 Å². The molecule has 0 aliphatic heterocycles. The predicted octanol–water partition coefficient (Wildman–Crippen LogP) is 3.50. The number of nitriles is 1. The number of carbonyl (C=O) groups excluding carboxylic acids is 1. The van der Waals surface area contributed by atoms with Crippen LogP contribution in [-0.2, 0) is 4.79 Å². The van der Waals surface area contributed by atoms with E-state index in [0.29, 0.717) is 16.7 Å². The highest BCUT2D eigenvalue weighted by atomic mass is 16.3. The fourth-order valence-electron chi connectivity index (χ4n) is 2.85. The third-order valence-electron chi connectivity index (χ3n) is 4.25. The van der Waals surface area contributed by atoms with Gasteiger partial charge in [0.2, 0.25) is 5.91 Å². The van der Waals surface area contributed by atoms with Gasteiger partial charge in [0.15, 0.2) is 11.2 Å². The molecule has 29 heavy (non-hydrogen) atoms. The van der Waals surface area contributed by atoms with Gasteiger partial charge in [0.25, 0.3) is 0 Å². The van der Waals surface area contributed by atoms with Crippen molar-refractivity contribution in [2.75, 3.05) is 5.32 Å². The maximum Gasteiger partial charge on any atom is 0.249 e. The molecular weight excluding hydrogens is 368 g/mol. The molecule has 0 saturated heterocycles. The minimum absolute atomic E-state index is 0.223. The largest absolute Gasteiger partial charge is 0.463 e. The number of rotatable bonds is 4. The van der Waals surface area contributed by atoms with Crippen LogP contribution in [0.2, 0.25) is 0 Å². The van der Waals surface area contributed by atoms with Gasteiger partial charge in [-0.15, -0.1) is 0 Å². The molecule has 2 aromatic carbocycles. The van der Waals surface area contributed by atoms with E-state index < -0.39 is 5.91 Å². The van der Waals surface area contributed by atoms with Gasteiger partial charge in [0.1, 0.15) is 23.5 Å². The summed E-state index contributed by atoms with van der Waals surface area (Å²) in [6, 6.07) is 18.0. The number of aromatic nitrogens is 2. The SMILES string of the molecule is N#Cc1cnn(-c2ccccc2)c1NC(=O)/C=C/c1coc2ccccc2c1=O. The average Bonchev–Trinajstić information content (AvgIpc) is 3.16. The molecule has 0 spiro atoms. The second kappa shape index (κ2) is 7.66. The highest BCUT2D eigenvalue weighted by molar-refractivity contribution is 6.02. The van der Waals surface area contributed by atoms with Crippen LogP contribution in [0.4, 0.5) is 5.82 Å².